The Labute approximate surface area is 110 Å². The summed E-state index contributed by atoms with van der Waals surface area (Å²) >= 11 is 0. The monoisotopic (exact) mass is 258 g/mol. The molecule has 0 fully saturated rings. The largest absolute Gasteiger partial charge is 0.413 e. The zero-order chi connectivity index (χ0) is 13.4. The molecule has 0 aromatic heterocycles. The van der Waals surface area contributed by atoms with Crippen LogP contribution in [-0.4, -0.2) is 13.9 Å². The molecule has 0 saturated heterocycles. The molecule has 0 atom stereocenters. The van der Waals surface area contributed by atoms with Gasteiger partial charge in [-0.2, -0.15) is 0 Å². The highest BCUT2D eigenvalue weighted by Crippen LogP contribution is 2.23. The predicted molar refractivity (Wildman–Crippen MR) is 81.1 cm³/mol. The van der Waals surface area contributed by atoms with E-state index in [2.05, 4.69) is 40.8 Å². The molecule has 0 radical (unpaired) electrons. The Balaban J connectivity index is 3.52. The van der Waals surface area contributed by atoms with Crippen molar-refractivity contribution in [3.63, 3.8) is 0 Å². The molecule has 0 heterocycles. The van der Waals surface area contributed by atoms with Gasteiger partial charge in [0.25, 0.3) is 0 Å². The first-order valence-electron chi connectivity index (χ1n) is 7.47. The maximum absolute atomic E-state index is 6.21. The van der Waals surface area contributed by atoms with Crippen molar-refractivity contribution in [2.24, 2.45) is 0 Å². The lowest BCUT2D eigenvalue weighted by molar-refractivity contribution is 0.120. The maximum atomic E-state index is 6.21. The van der Waals surface area contributed by atoms with Crippen LogP contribution in [0.25, 0.3) is 0 Å². The van der Waals surface area contributed by atoms with Gasteiger partial charge in [-0.05, 0) is 39.9 Å². The van der Waals surface area contributed by atoms with Gasteiger partial charge in [-0.25, -0.2) is 0 Å². The first-order valence-corrected chi connectivity index (χ1v) is 10.6. The fourth-order valence-electron chi connectivity index (χ4n) is 2.39. The summed E-state index contributed by atoms with van der Waals surface area (Å²) < 4.78 is 6.21. The Morgan fingerprint density at radius 3 is 1.76 bits per heavy atom. The first kappa shape index (κ1) is 17.2. The predicted octanol–water partition coefficient (Wildman–Crippen LogP) is 5.76. The van der Waals surface area contributed by atoms with Gasteiger partial charge in [0.05, 0.1) is 0 Å². The summed E-state index contributed by atoms with van der Waals surface area (Å²) in [6.45, 7) is 13.5. The van der Waals surface area contributed by atoms with Gasteiger partial charge in [0.15, 0.2) is 8.32 Å². The molecule has 0 unspecified atom stereocenters. The Hall–Kier alpha value is 0.177. The quantitative estimate of drug-likeness (QED) is 0.377. The summed E-state index contributed by atoms with van der Waals surface area (Å²) in [5.41, 5.74) is 0.0385. The summed E-state index contributed by atoms with van der Waals surface area (Å²) in [6, 6.07) is 1.32. The minimum atomic E-state index is -1.41. The molecule has 0 aliphatic heterocycles. The van der Waals surface area contributed by atoms with Crippen molar-refractivity contribution in [1.29, 1.82) is 0 Å². The van der Waals surface area contributed by atoms with E-state index in [0.29, 0.717) is 0 Å². The molecule has 0 saturated carbocycles. The van der Waals surface area contributed by atoms with Crippen molar-refractivity contribution in [3.8, 4) is 0 Å². The highest BCUT2D eigenvalue weighted by atomic mass is 28.4. The third-order valence-corrected chi connectivity index (χ3v) is 5.69. The van der Waals surface area contributed by atoms with Crippen molar-refractivity contribution >= 4 is 8.32 Å². The lowest BCUT2D eigenvalue weighted by Crippen LogP contribution is -2.38. The lowest BCUT2D eigenvalue weighted by atomic mass is 10.1. The van der Waals surface area contributed by atoms with Crippen LogP contribution in [0.2, 0.25) is 19.1 Å². The average Bonchev–Trinajstić information content (AvgIpc) is 2.12. The molecule has 0 bridgehead atoms. The summed E-state index contributed by atoms with van der Waals surface area (Å²) in [7, 11) is -1.41. The summed E-state index contributed by atoms with van der Waals surface area (Å²) in [5, 5.41) is 0. The highest BCUT2D eigenvalue weighted by Gasteiger charge is 2.27. The van der Waals surface area contributed by atoms with Gasteiger partial charge in [0.1, 0.15) is 0 Å². The zero-order valence-electron chi connectivity index (χ0n) is 13.1. The van der Waals surface area contributed by atoms with E-state index in [1.54, 1.807) is 0 Å². The molecule has 1 nitrogen and oxygen atoms in total. The van der Waals surface area contributed by atoms with Crippen LogP contribution in [0.3, 0.4) is 0 Å². The second-order valence-corrected chi connectivity index (χ2v) is 11.1. The van der Waals surface area contributed by atoms with Crippen LogP contribution < -0.4 is 0 Å². The smallest absolute Gasteiger partial charge is 0.187 e. The molecule has 0 aliphatic rings. The second-order valence-electron chi connectivity index (χ2n) is 6.85. The molecular formula is C15H34OSi. The van der Waals surface area contributed by atoms with Crippen molar-refractivity contribution < 1.29 is 4.43 Å². The lowest BCUT2D eigenvalue weighted by Gasteiger charge is -2.32. The van der Waals surface area contributed by atoms with Gasteiger partial charge in [-0.3, -0.25) is 0 Å². The Morgan fingerprint density at radius 2 is 1.29 bits per heavy atom. The molecule has 17 heavy (non-hydrogen) atoms. The molecule has 104 valence electrons. The van der Waals surface area contributed by atoms with Crippen molar-refractivity contribution in [3.05, 3.63) is 0 Å². The minimum Gasteiger partial charge on any atom is -0.413 e. The number of hydrogen-bond donors (Lipinski definition) is 0. The normalized spacial score (nSPS) is 13.1. The Kier molecular flexibility index (Phi) is 8.40. The number of rotatable bonds is 9. The molecule has 0 aliphatic carbocycles. The van der Waals surface area contributed by atoms with E-state index in [0.717, 1.165) is 0 Å². The van der Waals surface area contributed by atoms with E-state index in [1.807, 2.05) is 0 Å². The average molecular weight is 259 g/mol. The van der Waals surface area contributed by atoms with E-state index < -0.39 is 8.32 Å². The van der Waals surface area contributed by atoms with Crippen molar-refractivity contribution in [2.45, 2.75) is 97.4 Å². The van der Waals surface area contributed by atoms with Crippen molar-refractivity contribution in [2.75, 3.05) is 0 Å². The number of unbranched alkanes of at least 4 members (excludes halogenated alkanes) is 6. The summed E-state index contributed by atoms with van der Waals surface area (Å²) in [6.07, 6.45) is 9.79. The van der Waals surface area contributed by atoms with E-state index in [-0.39, 0.29) is 5.60 Å². The van der Waals surface area contributed by atoms with Crippen LogP contribution in [0.15, 0.2) is 0 Å². The number of hydrogen-bond acceptors (Lipinski definition) is 1. The second kappa shape index (κ2) is 8.31. The standard InChI is InChI=1S/C15H34OSi/c1-7-8-9-10-11-12-13-14-17(5,6)16-15(2,3)4/h7-14H2,1-6H3. The molecule has 0 aromatic rings. The topological polar surface area (TPSA) is 9.23 Å². The SMILES string of the molecule is CCCCCCCCC[Si](C)(C)OC(C)(C)C. The van der Waals surface area contributed by atoms with Crippen LogP contribution >= 0.6 is 0 Å². The van der Waals surface area contributed by atoms with E-state index in [1.165, 1.54) is 51.0 Å². The molecule has 0 amide bonds. The van der Waals surface area contributed by atoms with E-state index >= 15 is 0 Å². The van der Waals surface area contributed by atoms with Crippen molar-refractivity contribution in [1.82, 2.24) is 0 Å². The molecule has 0 N–H and O–H groups in total. The third kappa shape index (κ3) is 12.4. The van der Waals surface area contributed by atoms with Gasteiger partial charge >= 0.3 is 0 Å². The minimum absolute atomic E-state index is 0.0385. The molecule has 0 spiro atoms. The highest BCUT2D eigenvalue weighted by molar-refractivity contribution is 6.71. The van der Waals surface area contributed by atoms with Crippen LogP contribution in [-0.2, 0) is 4.43 Å². The maximum Gasteiger partial charge on any atom is 0.187 e. The van der Waals surface area contributed by atoms with E-state index in [9.17, 15) is 0 Å². The fourth-order valence-corrected chi connectivity index (χ4v) is 5.25. The van der Waals surface area contributed by atoms with Gasteiger partial charge in [0, 0.05) is 5.60 Å². The Bertz CT molecular complexity index is 182. The summed E-state index contributed by atoms with van der Waals surface area (Å²) in [5.74, 6) is 0. The van der Waals surface area contributed by atoms with Crippen LogP contribution in [0.1, 0.15) is 72.6 Å². The fraction of sp³-hybridized carbons (Fsp3) is 1.00. The van der Waals surface area contributed by atoms with Crippen LogP contribution in [0.5, 0.6) is 0 Å². The third-order valence-electron chi connectivity index (χ3n) is 2.96. The van der Waals surface area contributed by atoms with Gasteiger partial charge in [0.2, 0.25) is 0 Å². The van der Waals surface area contributed by atoms with Gasteiger partial charge in [-0.1, -0.05) is 51.9 Å². The molecule has 0 aromatic carbocycles. The molecule has 2 heteroatoms. The summed E-state index contributed by atoms with van der Waals surface area (Å²) in [4.78, 5) is 0. The van der Waals surface area contributed by atoms with Gasteiger partial charge < -0.3 is 4.43 Å². The van der Waals surface area contributed by atoms with E-state index in [4.69, 9.17) is 4.43 Å². The first-order chi connectivity index (χ1) is 7.77. The molecular weight excluding hydrogens is 224 g/mol. The van der Waals surface area contributed by atoms with Crippen LogP contribution in [0, 0.1) is 0 Å². The van der Waals surface area contributed by atoms with Gasteiger partial charge in [-0.15, -0.1) is 0 Å². The molecule has 0 rings (SSSR count). The Morgan fingerprint density at radius 1 is 0.824 bits per heavy atom. The zero-order valence-corrected chi connectivity index (χ0v) is 14.1. The van der Waals surface area contributed by atoms with Crippen LogP contribution in [0.4, 0.5) is 0 Å².